The Bertz CT molecular complexity index is 991. The molecule has 3 aromatic carbocycles. The molecule has 5 nitrogen and oxygen atoms in total. The van der Waals surface area contributed by atoms with Gasteiger partial charge in [0, 0.05) is 35.0 Å². The summed E-state index contributed by atoms with van der Waals surface area (Å²) in [5, 5.41) is 15.0. The number of halogens is 2. The van der Waals surface area contributed by atoms with Gasteiger partial charge in [-0.2, -0.15) is 0 Å². The highest BCUT2D eigenvalue weighted by Crippen LogP contribution is 2.33. The van der Waals surface area contributed by atoms with E-state index in [0.29, 0.717) is 22.3 Å². The van der Waals surface area contributed by atoms with Crippen LogP contribution in [0.15, 0.2) is 60.7 Å². The van der Waals surface area contributed by atoms with E-state index in [1.165, 1.54) is 12.1 Å². The lowest BCUT2D eigenvalue weighted by Crippen LogP contribution is -2.05. The van der Waals surface area contributed by atoms with E-state index in [1.807, 2.05) is 31.2 Å². The number of nitro benzene ring substituents is 1. The second-order valence-corrected chi connectivity index (χ2v) is 7.15. The monoisotopic (exact) mass is 416 g/mol. The molecule has 3 aromatic rings. The normalized spacial score (nSPS) is 10.5. The van der Waals surface area contributed by atoms with Gasteiger partial charge >= 0.3 is 0 Å². The van der Waals surface area contributed by atoms with E-state index in [1.54, 1.807) is 24.3 Å². The van der Waals surface area contributed by atoms with Crippen molar-refractivity contribution in [3.8, 4) is 5.75 Å². The van der Waals surface area contributed by atoms with Gasteiger partial charge in [0.1, 0.15) is 12.4 Å². The predicted octanol–water partition coefficient (Wildman–Crippen LogP) is 6.40. The average Bonchev–Trinajstić information content (AvgIpc) is 2.66. The van der Waals surface area contributed by atoms with E-state index >= 15 is 0 Å². The molecule has 0 amide bonds. The highest BCUT2D eigenvalue weighted by Gasteiger charge is 2.12. The molecular formula is C21H18Cl2N2O3. The number of nitrogens with one attached hydrogen (secondary N) is 1. The van der Waals surface area contributed by atoms with Crippen LogP contribution < -0.4 is 10.1 Å². The first-order valence-electron chi connectivity index (χ1n) is 8.57. The van der Waals surface area contributed by atoms with Gasteiger partial charge in [-0.05, 0) is 54.4 Å². The van der Waals surface area contributed by atoms with Gasteiger partial charge in [-0.25, -0.2) is 0 Å². The average molecular weight is 417 g/mol. The van der Waals surface area contributed by atoms with Crippen molar-refractivity contribution in [2.75, 3.05) is 5.32 Å². The Labute approximate surface area is 173 Å². The number of non-ortho nitro benzene ring substituents is 1. The highest BCUT2D eigenvalue weighted by molar-refractivity contribution is 6.35. The smallest absolute Gasteiger partial charge is 0.269 e. The Morgan fingerprint density at radius 3 is 2.50 bits per heavy atom. The van der Waals surface area contributed by atoms with E-state index in [9.17, 15) is 10.1 Å². The molecule has 3 rings (SSSR count). The molecule has 0 aliphatic heterocycles. The Morgan fingerprint density at radius 2 is 1.82 bits per heavy atom. The highest BCUT2D eigenvalue weighted by atomic mass is 35.5. The first-order chi connectivity index (χ1) is 13.4. The van der Waals surface area contributed by atoms with Crippen LogP contribution in [0.5, 0.6) is 5.75 Å². The van der Waals surface area contributed by atoms with Gasteiger partial charge in [0.2, 0.25) is 0 Å². The Balaban J connectivity index is 1.75. The molecule has 1 N–H and O–H groups in total. The maximum Gasteiger partial charge on any atom is 0.269 e. The molecule has 0 aliphatic rings. The van der Waals surface area contributed by atoms with Crippen LogP contribution in [0.2, 0.25) is 10.0 Å². The lowest BCUT2D eigenvalue weighted by atomic mass is 10.1. The summed E-state index contributed by atoms with van der Waals surface area (Å²) in [6, 6.07) is 17.7. The lowest BCUT2D eigenvalue weighted by Gasteiger charge is -2.15. The second kappa shape index (κ2) is 8.95. The maximum absolute atomic E-state index is 10.8. The SMILES string of the molecule is Cc1cccc(NCc2cc(Cl)cc(Cl)c2OCc2ccc([N+](=O)[O-])cc2)c1. The van der Waals surface area contributed by atoms with Crippen molar-refractivity contribution >= 4 is 34.6 Å². The molecule has 0 aliphatic carbocycles. The van der Waals surface area contributed by atoms with Crippen molar-refractivity contribution in [3.63, 3.8) is 0 Å². The number of nitro groups is 1. The van der Waals surface area contributed by atoms with Crippen LogP contribution >= 0.6 is 23.2 Å². The minimum Gasteiger partial charge on any atom is -0.487 e. The van der Waals surface area contributed by atoms with Crippen molar-refractivity contribution < 1.29 is 9.66 Å². The summed E-state index contributed by atoms with van der Waals surface area (Å²) in [5.74, 6) is 0.532. The number of hydrogen-bond donors (Lipinski definition) is 1. The van der Waals surface area contributed by atoms with E-state index in [4.69, 9.17) is 27.9 Å². The van der Waals surface area contributed by atoms with Crippen LogP contribution in [0.1, 0.15) is 16.7 Å². The Morgan fingerprint density at radius 1 is 1.07 bits per heavy atom. The molecule has 0 saturated heterocycles. The fourth-order valence-corrected chi connectivity index (χ4v) is 3.32. The second-order valence-electron chi connectivity index (χ2n) is 6.31. The summed E-state index contributed by atoms with van der Waals surface area (Å²) in [4.78, 5) is 10.3. The van der Waals surface area contributed by atoms with Crippen LogP contribution in [0, 0.1) is 17.0 Å². The number of rotatable bonds is 7. The molecule has 0 saturated carbocycles. The molecule has 0 bridgehead atoms. The fraction of sp³-hybridized carbons (Fsp3) is 0.143. The first kappa shape index (κ1) is 20.0. The van der Waals surface area contributed by atoms with Gasteiger partial charge in [0.05, 0.1) is 9.95 Å². The molecule has 0 fully saturated rings. The van der Waals surface area contributed by atoms with Crippen LogP contribution in [-0.2, 0) is 13.2 Å². The van der Waals surface area contributed by atoms with E-state index in [0.717, 1.165) is 22.4 Å². The van der Waals surface area contributed by atoms with Gasteiger partial charge < -0.3 is 10.1 Å². The minimum atomic E-state index is -0.435. The zero-order chi connectivity index (χ0) is 20.1. The Hall–Kier alpha value is -2.76. The third-order valence-corrected chi connectivity index (χ3v) is 4.62. The molecule has 0 unspecified atom stereocenters. The standard InChI is InChI=1S/C21H18Cl2N2O3/c1-14-3-2-4-18(9-14)24-12-16-10-17(22)11-20(23)21(16)28-13-15-5-7-19(8-6-15)25(26)27/h2-11,24H,12-13H2,1H3. The summed E-state index contributed by atoms with van der Waals surface area (Å²) in [6.45, 7) is 2.75. The van der Waals surface area contributed by atoms with Gasteiger partial charge in [0.15, 0.2) is 0 Å². The molecule has 7 heteroatoms. The van der Waals surface area contributed by atoms with Crippen molar-refractivity contribution in [3.05, 3.63) is 97.5 Å². The number of aryl methyl sites for hydroxylation is 1. The molecule has 0 spiro atoms. The number of hydrogen-bond acceptors (Lipinski definition) is 4. The molecule has 0 heterocycles. The van der Waals surface area contributed by atoms with Crippen molar-refractivity contribution in [2.45, 2.75) is 20.1 Å². The number of benzene rings is 3. The molecular weight excluding hydrogens is 399 g/mol. The number of nitrogens with zero attached hydrogens (tertiary/aromatic N) is 1. The van der Waals surface area contributed by atoms with Crippen molar-refractivity contribution in [2.24, 2.45) is 0 Å². The number of ether oxygens (including phenoxy) is 1. The maximum atomic E-state index is 10.8. The number of anilines is 1. The lowest BCUT2D eigenvalue weighted by molar-refractivity contribution is -0.384. The first-order valence-corrected chi connectivity index (χ1v) is 9.32. The zero-order valence-electron chi connectivity index (χ0n) is 15.1. The van der Waals surface area contributed by atoms with Gasteiger partial charge in [-0.15, -0.1) is 0 Å². The molecule has 28 heavy (non-hydrogen) atoms. The quantitative estimate of drug-likeness (QED) is 0.357. The van der Waals surface area contributed by atoms with Crippen molar-refractivity contribution in [1.82, 2.24) is 0 Å². The van der Waals surface area contributed by atoms with Crippen LogP contribution in [0.4, 0.5) is 11.4 Å². The largest absolute Gasteiger partial charge is 0.487 e. The molecule has 0 atom stereocenters. The molecule has 0 radical (unpaired) electrons. The van der Waals surface area contributed by atoms with E-state index < -0.39 is 4.92 Å². The van der Waals surface area contributed by atoms with Crippen LogP contribution in [0.25, 0.3) is 0 Å². The van der Waals surface area contributed by atoms with Crippen molar-refractivity contribution in [1.29, 1.82) is 0 Å². The third kappa shape index (κ3) is 5.15. The summed E-state index contributed by atoms with van der Waals surface area (Å²) in [5.41, 5.74) is 3.80. The van der Waals surface area contributed by atoms with Crippen LogP contribution in [-0.4, -0.2) is 4.92 Å². The Kier molecular flexibility index (Phi) is 6.39. The van der Waals surface area contributed by atoms with Crippen LogP contribution in [0.3, 0.4) is 0 Å². The molecule has 144 valence electrons. The predicted molar refractivity (Wildman–Crippen MR) is 112 cm³/mol. The summed E-state index contributed by atoms with van der Waals surface area (Å²) in [7, 11) is 0. The van der Waals surface area contributed by atoms with Gasteiger partial charge in [-0.1, -0.05) is 35.3 Å². The zero-order valence-corrected chi connectivity index (χ0v) is 16.6. The third-order valence-electron chi connectivity index (χ3n) is 4.12. The summed E-state index contributed by atoms with van der Waals surface area (Å²) >= 11 is 12.5. The van der Waals surface area contributed by atoms with E-state index in [2.05, 4.69) is 5.32 Å². The van der Waals surface area contributed by atoms with Gasteiger partial charge in [0.25, 0.3) is 5.69 Å². The van der Waals surface area contributed by atoms with Gasteiger partial charge in [-0.3, -0.25) is 10.1 Å². The summed E-state index contributed by atoms with van der Waals surface area (Å²) in [6.07, 6.45) is 0. The fourth-order valence-electron chi connectivity index (χ4n) is 2.73. The van der Waals surface area contributed by atoms with E-state index in [-0.39, 0.29) is 12.3 Å². The molecule has 0 aromatic heterocycles. The topological polar surface area (TPSA) is 64.4 Å². The minimum absolute atomic E-state index is 0.0383. The summed E-state index contributed by atoms with van der Waals surface area (Å²) < 4.78 is 5.92.